The normalized spacial score (nSPS) is 16.5. The van der Waals surface area contributed by atoms with Gasteiger partial charge in [0.1, 0.15) is 11.6 Å². The molecular formula is C24H22FN5O3S. The van der Waals surface area contributed by atoms with Gasteiger partial charge in [-0.3, -0.25) is 13.9 Å². The number of piperidine rings is 1. The lowest BCUT2D eigenvalue weighted by Gasteiger charge is -2.32. The lowest BCUT2D eigenvalue weighted by Crippen LogP contribution is -2.39. The quantitative estimate of drug-likeness (QED) is 0.471. The van der Waals surface area contributed by atoms with Crippen LogP contribution in [-0.2, 0) is 10.0 Å². The zero-order valence-electron chi connectivity index (χ0n) is 18.1. The number of amides is 1. The largest absolute Gasteiger partial charge is 0.338 e. The van der Waals surface area contributed by atoms with Gasteiger partial charge < -0.3 is 4.90 Å². The van der Waals surface area contributed by atoms with Crippen molar-refractivity contribution in [3.63, 3.8) is 0 Å². The Bertz CT molecular complexity index is 1470. The summed E-state index contributed by atoms with van der Waals surface area (Å²) in [4.78, 5) is 14.9. The Morgan fingerprint density at radius 1 is 1.03 bits per heavy atom. The molecule has 0 radical (unpaired) electrons. The van der Waals surface area contributed by atoms with E-state index in [0.29, 0.717) is 13.1 Å². The van der Waals surface area contributed by atoms with Gasteiger partial charge in [-0.2, -0.15) is 0 Å². The molecule has 4 aromatic rings. The number of anilines is 1. The van der Waals surface area contributed by atoms with Gasteiger partial charge in [-0.05, 0) is 55.3 Å². The van der Waals surface area contributed by atoms with Gasteiger partial charge in [0.25, 0.3) is 15.9 Å². The molecule has 1 N–H and O–H groups in total. The fraction of sp³-hybridized carbons (Fsp3) is 0.208. The fourth-order valence-electron chi connectivity index (χ4n) is 4.24. The molecule has 3 heterocycles. The number of likely N-dealkylation sites (tertiary alicyclic amines) is 1. The number of aromatic nitrogens is 3. The van der Waals surface area contributed by atoms with Crippen molar-refractivity contribution in [3.05, 3.63) is 90.1 Å². The van der Waals surface area contributed by atoms with E-state index in [0.717, 1.165) is 24.3 Å². The number of benzene rings is 2. The van der Waals surface area contributed by atoms with E-state index in [4.69, 9.17) is 0 Å². The van der Waals surface area contributed by atoms with E-state index in [2.05, 4.69) is 14.9 Å². The molecule has 10 heteroatoms. The third kappa shape index (κ3) is 4.24. The number of pyridine rings is 1. The molecule has 1 aliphatic rings. The second-order valence-electron chi connectivity index (χ2n) is 8.19. The van der Waals surface area contributed by atoms with Crippen molar-refractivity contribution in [1.29, 1.82) is 0 Å². The summed E-state index contributed by atoms with van der Waals surface area (Å²) in [7, 11) is -4.08. The van der Waals surface area contributed by atoms with Crippen LogP contribution in [0, 0.1) is 5.82 Å². The molecule has 34 heavy (non-hydrogen) atoms. The Labute approximate surface area is 196 Å². The Morgan fingerprint density at radius 3 is 2.71 bits per heavy atom. The Balaban J connectivity index is 1.36. The lowest BCUT2D eigenvalue weighted by molar-refractivity contribution is 0.0704. The number of carbonyl (C=O) groups excluding carboxylic acids is 1. The van der Waals surface area contributed by atoms with Crippen molar-refractivity contribution in [2.45, 2.75) is 23.7 Å². The first-order valence-corrected chi connectivity index (χ1v) is 12.4. The van der Waals surface area contributed by atoms with Crippen molar-refractivity contribution < 1.29 is 17.6 Å². The topological polar surface area (TPSA) is 96.7 Å². The maximum atomic E-state index is 13.9. The molecule has 1 aliphatic heterocycles. The van der Waals surface area contributed by atoms with Crippen LogP contribution in [0.25, 0.3) is 5.65 Å². The summed E-state index contributed by atoms with van der Waals surface area (Å²) < 4.78 is 43.7. The zero-order chi connectivity index (χ0) is 23.7. The Hall–Kier alpha value is -3.79. The molecule has 1 fully saturated rings. The van der Waals surface area contributed by atoms with Crippen molar-refractivity contribution in [1.82, 2.24) is 19.5 Å². The zero-order valence-corrected chi connectivity index (χ0v) is 19.0. The summed E-state index contributed by atoms with van der Waals surface area (Å²) in [5, 5.41) is 8.55. The van der Waals surface area contributed by atoms with Gasteiger partial charge >= 0.3 is 0 Å². The van der Waals surface area contributed by atoms with E-state index in [9.17, 15) is 17.6 Å². The average molecular weight is 480 g/mol. The van der Waals surface area contributed by atoms with Gasteiger partial charge in [0.2, 0.25) is 0 Å². The minimum atomic E-state index is -4.08. The summed E-state index contributed by atoms with van der Waals surface area (Å²) in [5.41, 5.74) is 0.850. The number of hydrogen-bond acceptors (Lipinski definition) is 5. The monoisotopic (exact) mass is 479 g/mol. The van der Waals surface area contributed by atoms with Crippen LogP contribution in [0.1, 0.15) is 34.9 Å². The van der Waals surface area contributed by atoms with Gasteiger partial charge in [-0.25, -0.2) is 12.8 Å². The van der Waals surface area contributed by atoms with Gasteiger partial charge in [0, 0.05) is 30.8 Å². The van der Waals surface area contributed by atoms with Crippen LogP contribution in [0.15, 0.2) is 77.8 Å². The molecule has 1 saturated heterocycles. The fourth-order valence-corrected chi connectivity index (χ4v) is 5.35. The van der Waals surface area contributed by atoms with E-state index >= 15 is 0 Å². The summed E-state index contributed by atoms with van der Waals surface area (Å²) in [6.07, 6.45) is 3.58. The molecule has 0 spiro atoms. The van der Waals surface area contributed by atoms with Crippen LogP contribution in [-0.4, -0.2) is 46.9 Å². The van der Waals surface area contributed by atoms with Gasteiger partial charge in [-0.15, -0.1) is 10.2 Å². The summed E-state index contributed by atoms with van der Waals surface area (Å²) in [6.45, 7) is 1.02. The number of hydrogen-bond donors (Lipinski definition) is 1. The van der Waals surface area contributed by atoms with Crippen molar-refractivity contribution in [2.24, 2.45) is 0 Å². The third-order valence-corrected chi connectivity index (χ3v) is 7.29. The first-order valence-electron chi connectivity index (χ1n) is 10.9. The van der Waals surface area contributed by atoms with Crippen LogP contribution >= 0.6 is 0 Å². The van der Waals surface area contributed by atoms with E-state index in [1.165, 1.54) is 42.5 Å². The van der Waals surface area contributed by atoms with Crippen LogP contribution in [0.3, 0.4) is 0 Å². The molecule has 1 unspecified atom stereocenters. The molecule has 1 atom stereocenters. The van der Waals surface area contributed by atoms with E-state index in [1.54, 1.807) is 11.0 Å². The Morgan fingerprint density at radius 2 is 1.85 bits per heavy atom. The molecule has 8 nitrogen and oxygen atoms in total. The number of carbonyl (C=O) groups is 1. The van der Waals surface area contributed by atoms with Gasteiger partial charge in [-0.1, -0.05) is 24.3 Å². The second kappa shape index (κ2) is 8.86. The summed E-state index contributed by atoms with van der Waals surface area (Å²) >= 11 is 0. The van der Waals surface area contributed by atoms with Crippen LogP contribution in [0.2, 0.25) is 0 Å². The number of sulfonamides is 1. The molecule has 5 rings (SSSR count). The second-order valence-corrected chi connectivity index (χ2v) is 9.87. The van der Waals surface area contributed by atoms with Crippen LogP contribution in [0.5, 0.6) is 0 Å². The van der Waals surface area contributed by atoms with E-state index in [1.807, 2.05) is 28.8 Å². The van der Waals surface area contributed by atoms with Crippen LogP contribution < -0.4 is 4.72 Å². The highest BCUT2D eigenvalue weighted by molar-refractivity contribution is 7.92. The SMILES string of the molecule is O=C(c1cccc(S(=O)(=O)Nc2ccccc2F)c1)N1CCCC(c2nnc3ccccn23)C1. The molecule has 2 aromatic carbocycles. The van der Waals surface area contributed by atoms with E-state index < -0.39 is 15.8 Å². The summed E-state index contributed by atoms with van der Waals surface area (Å²) in [5.74, 6) is -0.122. The maximum absolute atomic E-state index is 13.9. The van der Waals surface area contributed by atoms with Crippen molar-refractivity contribution in [2.75, 3.05) is 17.8 Å². The smallest absolute Gasteiger partial charge is 0.262 e. The van der Waals surface area contributed by atoms with Crippen molar-refractivity contribution in [3.8, 4) is 0 Å². The maximum Gasteiger partial charge on any atom is 0.262 e. The molecular weight excluding hydrogens is 457 g/mol. The number of halogens is 1. The molecule has 174 valence electrons. The Kier molecular flexibility index (Phi) is 5.74. The standard InChI is InChI=1S/C24H22FN5O3S/c25-20-10-1-2-11-21(20)28-34(32,33)19-9-5-7-17(15-19)24(31)29-13-6-8-18(16-29)23-27-26-22-12-3-4-14-30(22)23/h1-5,7,9-12,14-15,18,28H,6,8,13,16H2. The minimum Gasteiger partial charge on any atom is -0.338 e. The number of para-hydroxylation sites is 1. The number of nitrogens with one attached hydrogen (secondary N) is 1. The van der Waals surface area contributed by atoms with Crippen molar-refractivity contribution >= 4 is 27.3 Å². The lowest BCUT2D eigenvalue weighted by atomic mass is 9.96. The number of rotatable bonds is 5. The number of nitrogens with zero attached hydrogens (tertiary/aromatic N) is 4. The van der Waals surface area contributed by atoms with Gasteiger partial charge in [0.05, 0.1) is 10.6 Å². The minimum absolute atomic E-state index is 0.0183. The average Bonchev–Trinajstić information content (AvgIpc) is 3.29. The van der Waals surface area contributed by atoms with E-state index in [-0.39, 0.29) is 28.0 Å². The molecule has 1 amide bonds. The molecule has 2 aromatic heterocycles. The number of fused-ring (bicyclic) bond motifs is 1. The third-order valence-electron chi connectivity index (χ3n) is 5.92. The first-order chi connectivity index (χ1) is 16.4. The van der Waals surface area contributed by atoms with Gasteiger partial charge in [0.15, 0.2) is 5.65 Å². The highest BCUT2D eigenvalue weighted by Crippen LogP contribution is 2.27. The summed E-state index contributed by atoms with van der Waals surface area (Å²) in [6, 6.07) is 17.0. The first kappa shape index (κ1) is 22.0. The predicted octanol–water partition coefficient (Wildman–Crippen LogP) is 3.69. The molecule has 0 saturated carbocycles. The molecule has 0 aliphatic carbocycles. The molecule has 0 bridgehead atoms. The predicted molar refractivity (Wildman–Crippen MR) is 125 cm³/mol. The highest BCUT2D eigenvalue weighted by atomic mass is 32.2. The van der Waals surface area contributed by atoms with Crippen LogP contribution in [0.4, 0.5) is 10.1 Å². The highest BCUT2D eigenvalue weighted by Gasteiger charge is 2.29.